The number of amides is 4. The standard InChI is InChI=1S/C44H47ClN6O5/c1-43(2)41(44(3,4)42(43)56-32-7-5-26(19-46)35(45)18-32)51-24-30-16-31(6-8-33(30)39(51)54)49-13-11-25(12-14-49)20-48-21-27-15-29-23-50(36-9-10-37(52)47-38(36)53)40(55)34(29)17-28(27)22-48/h5-8,15-18,25,36,41-42H,9-14,20-24H2,1-4H3,(H,47,52,53)/t36?,41-,42-. The minimum atomic E-state index is -0.594. The Morgan fingerprint density at radius 2 is 1.48 bits per heavy atom. The number of nitriles is 1. The molecule has 0 bridgehead atoms. The lowest BCUT2D eigenvalue weighted by Gasteiger charge is -2.65. The van der Waals surface area contributed by atoms with Crippen molar-refractivity contribution in [1.29, 1.82) is 5.26 Å². The molecule has 0 aromatic heterocycles. The zero-order valence-corrected chi connectivity index (χ0v) is 33.1. The Balaban J connectivity index is 0.794. The van der Waals surface area contributed by atoms with Crippen LogP contribution in [-0.2, 0) is 35.8 Å². The minimum absolute atomic E-state index is 0.0290. The summed E-state index contributed by atoms with van der Waals surface area (Å²) >= 11 is 6.31. The summed E-state index contributed by atoms with van der Waals surface area (Å²) in [7, 11) is 0. The van der Waals surface area contributed by atoms with Gasteiger partial charge in [0.15, 0.2) is 0 Å². The van der Waals surface area contributed by atoms with Crippen LogP contribution in [0.5, 0.6) is 5.75 Å². The highest BCUT2D eigenvalue weighted by Gasteiger charge is 2.67. The largest absolute Gasteiger partial charge is 0.489 e. The molecule has 4 amide bonds. The number of imide groups is 1. The Morgan fingerprint density at radius 1 is 0.804 bits per heavy atom. The number of fused-ring (bicyclic) bond motifs is 3. The summed E-state index contributed by atoms with van der Waals surface area (Å²) in [5, 5.41) is 12.0. The molecule has 0 spiro atoms. The van der Waals surface area contributed by atoms with E-state index in [0.29, 0.717) is 47.3 Å². The molecule has 11 nitrogen and oxygen atoms in total. The lowest BCUT2D eigenvalue weighted by Crippen LogP contribution is -2.74. The van der Waals surface area contributed by atoms with Gasteiger partial charge in [-0.2, -0.15) is 5.26 Å². The Kier molecular flexibility index (Phi) is 8.75. The fraction of sp³-hybridized carbons (Fsp3) is 0.477. The first-order chi connectivity index (χ1) is 26.7. The number of rotatable bonds is 7. The van der Waals surface area contributed by atoms with Gasteiger partial charge >= 0.3 is 0 Å². The second-order valence-corrected chi connectivity index (χ2v) is 18.3. The van der Waals surface area contributed by atoms with Gasteiger partial charge in [-0.3, -0.25) is 29.4 Å². The highest BCUT2D eigenvalue weighted by atomic mass is 35.5. The van der Waals surface area contributed by atoms with E-state index in [1.165, 1.54) is 16.8 Å². The molecule has 1 atom stereocenters. The minimum Gasteiger partial charge on any atom is -0.489 e. The van der Waals surface area contributed by atoms with Crippen molar-refractivity contribution in [3.63, 3.8) is 0 Å². The predicted octanol–water partition coefficient (Wildman–Crippen LogP) is 6.04. The molecule has 1 N–H and O–H groups in total. The number of piperidine rings is 2. The average Bonchev–Trinajstić information content (AvgIpc) is 3.80. The number of carbonyl (C=O) groups excluding carboxylic acids is 4. The van der Waals surface area contributed by atoms with Crippen molar-refractivity contribution >= 4 is 40.9 Å². The Labute approximate surface area is 332 Å². The van der Waals surface area contributed by atoms with E-state index in [4.69, 9.17) is 16.3 Å². The third-order valence-electron chi connectivity index (χ3n) is 13.4. The van der Waals surface area contributed by atoms with Gasteiger partial charge in [-0.15, -0.1) is 0 Å². The van der Waals surface area contributed by atoms with Crippen LogP contribution < -0.4 is 15.0 Å². The third kappa shape index (κ3) is 5.95. The molecule has 3 aromatic rings. The van der Waals surface area contributed by atoms with Gasteiger partial charge < -0.3 is 19.4 Å². The van der Waals surface area contributed by atoms with Crippen LogP contribution in [0, 0.1) is 28.1 Å². The smallest absolute Gasteiger partial charge is 0.255 e. The van der Waals surface area contributed by atoms with E-state index in [2.05, 4.69) is 67.1 Å². The van der Waals surface area contributed by atoms with Crippen LogP contribution in [0.4, 0.5) is 5.69 Å². The summed E-state index contributed by atoms with van der Waals surface area (Å²) < 4.78 is 6.50. The zero-order chi connectivity index (χ0) is 39.3. The van der Waals surface area contributed by atoms with Crippen molar-refractivity contribution in [2.45, 2.75) is 97.7 Å². The first kappa shape index (κ1) is 36.7. The molecule has 290 valence electrons. The Bertz CT molecular complexity index is 2220. The first-order valence-electron chi connectivity index (χ1n) is 19.8. The molecule has 3 fully saturated rings. The van der Waals surface area contributed by atoms with Gasteiger partial charge in [0.2, 0.25) is 11.8 Å². The van der Waals surface area contributed by atoms with Gasteiger partial charge in [-0.25, -0.2) is 0 Å². The molecule has 6 aliphatic rings. The summed E-state index contributed by atoms with van der Waals surface area (Å²) in [6.45, 7) is 14.2. The second kappa shape index (κ2) is 13.3. The van der Waals surface area contributed by atoms with E-state index >= 15 is 0 Å². The highest BCUT2D eigenvalue weighted by molar-refractivity contribution is 6.31. The van der Waals surface area contributed by atoms with E-state index in [9.17, 15) is 24.4 Å². The van der Waals surface area contributed by atoms with Crippen LogP contribution in [0.3, 0.4) is 0 Å². The van der Waals surface area contributed by atoms with E-state index in [1.807, 2.05) is 17.0 Å². The first-order valence-corrected chi connectivity index (χ1v) is 20.2. The fourth-order valence-corrected chi connectivity index (χ4v) is 11.4. The van der Waals surface area contributed by atoms with Gasteiger partial charge in [-0.05, 0) is 83.8 Å². The molecule has 12 heteroatoms. The maximum Gasteiger partial charge on any atom is 0.255 e. The molecule has 5 heterocycles. The van der Waals surface area contributed by atoms with Gasteiger partial charge in [0.05, 0.1) is 10.6 Å². The molecule has 5 aliphatic heterocycles. The van der Waals surface area contributed by atoms with Gasteiger partial charge in [0.25, 0.3) is 11.8 Å². The van der Waals surface area contributed by atoms with Crippen molar-refractivity contribution < 1.29 is 23.9 Å². The van der Waals surface area contributed by atoms with Crippen molar-refractivity contribution in [2.24, 2.45) is 16.7 Å². The van der Waals surface area contributed by atoms with E-state index in [-0.39, 0.29) is 53.0 Å². The van der Waals surface area contributed by atoms with Crippen molar-refractivity contribution in [3.8, 4) is 11.8 Å². The number of halogens is 1. The lowest BCUT2D eigenvalue weighted by atomic mass is 9.49. The van der Waals surface area contributed by atoms with Crippen LogP contribution in [0.2, 0.25) is 5.02 Å². The van der Waals surface area contributed by atoms with Crippen LogP contribution in [0.1, 0.15) is 102 Å². The van der Waals surface area contributed by atoms with Crippen LogP contribution >= 0.6 is 11.6 Å². The van der Waals surface area contributed by atoms with E-state index in [1.54, 1.807) is 23.1 Å². The molecule has 1 saturated carbocycles. The molecular formula is C44H47ClN6O5. The predicted molar refractivity (Wildman–Crippen MR) is 210 cm³/mol. The Morgan fingerprint density at radius 3 is 2.18 bits per heavy atom. The molecule has 9 rings (SSSR count). The van der Waals surface area contributed by atoms with Crippen LogP contribution in [-0.4, -0.2) is 76.2 Å². The van der Waals surface area contributed by atoms with E-state index < -0.39 is 6.04 Å². The van der Waals surface area contributed by atoms with Gasteiger partial charge in [-0.1, -0.05) is 45.4 Å². The van der Waals surface area contributed by atoms with Crippen molar-refractivity contribution in [1.82, 2.24) is 20.0 Å². The van der Waals surface area contributed by atoms with Crippen molar-refractivity contribution in [2.75, 3.05) is 24.5 Å². The monoisotopic (exact) mass is 774 g/mol. The summed E-state index contributed by atoms with van der Waals surface area (Å²) in [5.41, 5.74) is 6.90. The normalized spacial score (nSPS) is 25.4. The zero-order valence-electron chi connectivity index (χ0n) is 32.4. The molecule has 56 heavy (non-hydrogen) atoms. The summed E-state index contributed by atoms with van der Waals surface area (Å²) in [6, 6.07) is 17.2. The van der Waals surface area contributed by atoms with Crippen LogP contribution in [0.25, 0.3) is 0 Å². The van der Waals surface area contributed by atoms with Crippen molar-refractivity contribution in [3.05, 3.63) is 92.5 Å². The molecule has 1 aliphatic carbocycles. The molecule has 1 unspecified atom stereocenters. The average molecular weight is 775 g/mol. The number of carbonyl (C=O) groups is 4. The highest BCUT2D eigenvalue weighted by Crippen LogP contribution is 2.59. The number of hydrogen-bond acceptors (Lipinski definition) is 8. The fourth-order valence-electron chi connectivity index (χ4n) is 11.2. The molecule has 2 saturated heterocycles. The topological polar surface area (TPSA) is 126 Å². The third-order valence-corrected chi connectivity index (χ3v) is 13.7. The molecule has 3 aromatic carbocycles. The summed E-state index contributed by atoms with van der Waals surface area (Å²) in [4.78, 5) is 60.0. The summed E-state index contributed by atoms with van der Waals surface area (Å²) in [6.07, 6.45) is 2.64. The lowest BCUT2D eigenvalue weighted by molar-refractivity contribution is -0.199. The number of nitrogens with one attached hydrogen (secondary N) is 1. The molecule has 0 radical (unpaired) electrons. The van der Waals surface area contributed by atoms with Gasteiger partial charge in [0, 0.05) is 92.0 Å². The quantitative estimate of drug-likeness (QED) is 0.288. The maximum atomic E-state index is 13.9. The maximum absolute atomic E-state index is 13.9. The number of benzene rings is 3. The van der Waals surface area contributed by atoms with E-state index in [0.717, 1.165) is 62.3 Å². The molecular weight excluding hydrogens is 728 g/mol. The number of anilines is 1. The number of ether oxygens (including phenoxy) is 1. The Hall–Kier alpha value is -4.92. The summed E-state index contributed by atoms with van der Waals surface area (Å²) in [5.74, 6) is 0.494. The SMILES string of the molecule is CC1(C)[C@H](Oc2ccc(C#N)c(Cl)c2)C(C)(C)[C@H]1N1Cc2cc(N3CCC(CN4Cc5cc6c(cc5C4)C(=O)N(C4CCC(=O)NC4=O)C6)CC3)ccc2C1=O. The van der Waals surface area contributed by atoms with Crippen LogP contribution in [0.15, 0.2) is 48.5 Å². The van der Waals surface area contributed by atoms with Gasteiger partial charge in [0.1, 0.15) is 24.0 Å². The number of nitrogens with zero attached hydrogens (tertiary/aromatic N) is 5. The number of hydrogen-bond donors (Lipinski definition) is 1. The second-order valence-electron chi connectivity index (χ2n) is 17.8.